The summed E-state index contributed by atoms with van der Waals surface area (Å²) in [7, 11) is 1.79. The van der Waals surface area contributed by atoms with Gasteiger partial charge >= 0.3 is 5.97 Å². The number of hydrogen-bond acceptors (Lipinski definition) is 5. The van der Waals surface area contributed by atoms with Gasteiger partial charge in [0.1, 0.15) is 0 Å². The number of nitrogens with zero attached hydrogens (tertiary/aromatic N) is 4. The third-order valence-electron chi connectivity index (χ3n) is 2.34. The molecule has 0 bridgehead atoms. The highest BCUT2D eigenvalue weighted by molar-refractivity contribution is 5.83. The van der Waals surface area contributed by atoms with Gasteiger partial charge in [0.15, 0.2) is 0 Å². The van der Waals surface area contributed by atoms with E-state index in [-0.39, 0.29) is 11.7 Å². The van der Waals surface area contributed by atoms with E-state index in [1.807, 2.05) is 6.92 Å². The molecule has 0 atom stereocenters. The molecule has 2 rings (SSSR count). The van der Waals surface area contributed by atoms with Gasteiger partial charge in [0.2, 0.25) is 0 Å². The minimum Gasteiger partial charge on any atom is -0.475 e. The molecule has 0 aromatic carbocycles. The molecule has 0 aliphatic heterocycles. The van der Waals surface area contributed by atoms with Crippen LogP contribution in [0.5, 0.6) is 0 Å². The number of carboxylic acids is 1. The van der Waals surface area contributed by atoms with Gasteiger partial charge in [-0.15, -0.1) is 0 Å². The average molecular weight is 222 g/mol. The lowest BCUT2D eigenvalue weighted by atomic mass is 10.2. The molecule has 0 unspecified atom stereocenters. The van der Waals surface area contributed by atoms with E-state index in [2.05, 4.69) is 15.2 Å². The van der Waals surface area contributed by atoms with Crippen LogP contribution in [0.15, 0.2) is 4.52 Å². The lowest BCUT2D eigenvalue weighted by Crippen LogP contribution is -1.98. The summed E-state index contributed by atoms with van der Waals surface area (Å²) in [5.41, 5.74) is 2.25. The van der Waals surface area contributed by atoms with Crippen molar-refractivity contribution in [2.24, 2.45) is 7.05 Å². The topological polar surface area (TPSA) is 94.0 Å². The maximum absolute atomic E-state index is 10.6. The fourth-order valence-electron chi connectivity index (χ4n) is 1.50. The van der Waals surface area contributed by atoms with Gasteiger partial charge in [0.25, 0.3) is 11.7 Å². The van der Waals surface area contributed by atoms with Crippen molar-refractivity contribution in [3.8, 4) is 11.5 Å². The monoisotopic (exact) mass is 222 g/mol. The van der Waals surface area contributed by atoms with Crippen LogP contribution in [-0.4, -0.2) is 31.0 Å². The van der Waals surface area contributed by atoms with Gasteiger partial charge in [-0.25, -0.2) is 4.79 Å². The minimum atomic E-state index is -1.21. The van der Waals surface area contributed by atoms with Gasteiger partial charge < -0.3 is 9.63 Å². The Morgan fingerprint density at radius 2 is 2.12 bits per heavy atom. The molecule has 16 heavy (non-hydrogen) atoms. The zero-order valence-electron chi connectivity index (χ0n) is 9.05. The van der Waals surface area contributed by atoms with Crippen LogP contribution in [0.1, 0.15) is 22.0 Å². The van der Waals surface area contributed by atoms with E-state index in [4.69, 9.17) is 9.63 Å². The lowest BCUT2D eigenvalue weighted by molar-refractivity contribution is 0.0680. The summed E-state index contributed by atoms with van der Waals surface area (Å²) in [6.07, 6.45) is 0. The van der Waals surface area contributed by atoms with Gasteiger partial charge in [-0.2, -0.15) is 10.1 Å². The number of carbonyl (C=O) groups is 1. The molecular weight excluding hydrogens is 212 g/mol. The van der Waals surface area contributed by atoms with E-state index in [9.17, 15) is 4.79 Å². The quantitative estimate of drug-likeness (QED) is 0.807. The summed E-state index contributed by atoms with van der Waals surface area (Å²) >= 11 is 0. The largest absolute Gasteiger partial charge is 0.475 e. The van der Waals surface area contributed by atoms with Crippen LogP contribution < -0.4 is 0 Å². The Morgan fingerprint density at radius 1 is 1.44 bits per heavy atom. The van der Waals surface area contributed by atoms with Crippen molar-refractivity contribution in [2.75, 3.05) is 0 Å². The van der Waals surface area contributed by atoms with Crippen LogP contribution in [0.3, 0.4) is 0 Å². The van der Waals surface area contributed by atoms with E-state index in [1.54, 1.807) is 18.7 Å². The first-order valence-corrected chi connectivity index (χ1v) is 4.58. The second-order valence-electron chi connectivity index (χ2n) is 3.40. The van der Waals surface area contributed by atoms with E-state index < -0.39 is 5.97 Å². The molecule has 2 aromatic rings. The number of aryl methyl sites for hydroxylation is 2. The molecule has 84 valence electrons. The molecule has 0 aliphatic carbocycles. The smallest absolute Gasteiger partial charge is 0.377 e. The summed E-state index contributed by atoms with van der Waals surface area (Å²) in [5.74, 6) is -1.38. The highest BCUT2D eigenvalue weighted by atomic mass is 16.5. The van der Waals surface area contributed by atoms with Crippen LogP contribution in [0.4, 0.5) is 0 Å². The third-order valence-corrected chi connectivity index (χ3v) is 2.34. The molecule has 1 N–H and O–H groups in total. The molecule has 0 fully saturated rings. The second kappa shape index (κ2) is 3.44. The Balaban J connectivity index is 2.54. The number of carboxylic acid groups (broad SMARTS) is 1. The SMILES string of the molecule is Cc1nn(C)c(C)c1-c1nc(C(=O)O)no1. The van der Waals surface area contributed by atoms with Crippen LogP contribution in [-0.2, 0) is 7.05 Å². The standard InChI is InChI=1S/C9H10N4O3/c1-4-6(5(2)13(3)11-4)8-10-7(9(14)15)12-16-8/h1-3H3,(H,14,15). The van der Waals surface area contributed by atoms with Crippen LogP contribution >= 0.6 is 0 Å². The van der Waals surface area contributed by atoms with Gasteiger partial charge in [0.05, 0.1) is 11.3 Å². The summed E-state index contributed by atoms with van der Waals surface area (Å²) in [6, 6.07) is 0. The van der Waals surface area contributed by atoms with Crippen molar-refractivity contribution in [3.05, 3.63) is 17.2 Å². The van der Waals surface area contributed by atoms with E-state index >= 15 is 0 Å². The van der Waals surface area contributed by atoms with Gasteiger partial charge in [-0.05, 0) is 19.0 Å². The number of rotatable bonds is 2. The Hall–Kier alpha value is -2.18. The van der Waals surface area contributed by atoms with Crippen molar-refractivity contribution < 1.29 is 14.4 Å². The summed E-state index contributed by atoms with van der Waals surface area (Å²) in [5, 5.41) is 16.2. The molecule has 0 amide bonds. The molecule has 0 spiro atoms. The Morgan fingerprint density at radius 3 is 2.56 bits per heavy atom. The van der Waals surface area contributed by atoms with E-state index in [1.165, 1.54) is 0 Å². The molecule has 2 heterocycles. The highest BCUT2D eigenvalue weighted by Gasteiger charge is 2.20. The first kappa shape index (κ1) is 10.3. The zero-order chi connectivity index (χ0) is 11.9. The zero-order valence-corrected chi connectivity index (χ0v) is 9.05. The Bertz CT molecular complexity index is 555. The lowest BCUT2D eigenvalue weighted by Gasteiger charge is -1.94. The molecule has 7 nitrogen and oxygen atoms in total. The fourth-order valence-corrected chi connectivity index (χ4v) is 1.50. The second-order valence-corrected chi connectivity index (χ2v) is 3.40. The molecule has 0 aliphatic rings. The molecule has 0 saturated carbocycles. The summed E-state index contributed by atoms with van der Waals surface area (Å²) in [4.78, 5) is 14.4. The van der Waals surface area contributed by atoms with E-state index in [0.29, 0.717) is 5.56 Å². The first-order valence-electron chi connectivity index (χ1n) is 4.58. The normalized spacial score (nSPS) is 10.7. The molecule has 0 radical (unpaired) electrons. The van der Waals surface area contributed by atoms with Crippen molar-refractivity contribution in [3.63, 3.8) is 0 Å². The Labute approximate surface area is 90.7 Å². The molecule has 0 saturated heterocycles. The fraction of sp³-hybridized carbons (Fsp3) is 0.333. The minimum absolute atomic E-state index is 0.181. The predicted molar refractivity (Wildman–Crippen MR) is 52.9 cm³/mol. The van der Waals surface area contributed by atoms with Crippen molar-refractivity contribution >= 4 is 5.97 Å². The molecular formula is C9H10N4O3. The maximum atomic E-state index is 10.6. The van der Waals surface area contributed by atoms with Crippen molar-refractivity contribution in [2.45, 2.75) is 13.8 Å². The van der Waals surface area contributed by atoms with Crippen LogP contribution in [0.25, 0.3) is 11.5 Å². The van der Waals surface area contributed by atoms with E-state index in [0.717, 1.165) is 11.4 Å². The third kappa shape index (κ3) is 1.46. The van der Waals surface area contributed by atoms with Crippen LogP contribution in [0, 0.1) is 13.8 Å². The van der Waals surface area contributed by atoms with Crippen molar-refractivity contribution in [1.29, 1.82) is 0 Å². The number of hydrogen-bond donors (Lipinski definition) is 1. The van der Waals surface area contributed by atoms with Gasteiger partial charge in [0, 0.05) is 12.7 Å². The molecule has 7 heteroatoms. The predicted octanol–water partition coefficient (Wildman–Crippen LogP) is 0.785. The number of aromatic carboxylic acids is 1. The van der Waals surface area contributed by atoms with Gasteiger partial charge in [-0.3, -0.25) is 4.68 Å². The first-order chi connectivity index (χ1) is 7.50. The summed E-state index contributed by atoms with van der Waals surface area (Å²) in [6.45, 7) is 3.65. The van der Waals surface area contributed by atoms with Crippen molar-refractivity contribution in [1.82, 2.24) is 19.9 Å². The van der Waals surface area contributed by atoms with Gasteiger partial charge in [-0.1, -0.05) is 0 Å². The van der Waals surface area contributed by atoms with Crippen LogP contribution in [0.2, 0.25) is 0 Å². The molecule has 2 aromatic heterocycles. The Kier molecular flexibility index (Phi) is 2.22. The number of aromatic nitrogens is 4. The average Bonchev–Trinajstić information content (AvgIpc) is 2.74. The highest BCUT2D eigenvalue weighted by Crippen LogP contribution is 2.24. The maximum Gasteiger partial charge on any atom is 0.377 e. The summed E-state index contributed by atoms with van der Waals surface area (Å²) < 4.78 is 6.57.